The van der Waals surface area contributed by atoms with Crippen molar-refractivity contribution in [1.29, 1.82) is 0 Å². The van der Waals surface area contributed by atoms with Gasteiger partial charge < -0.3 is 10.2 Å². The average Bonchev–Trinajstić information content (AvgIpc) is 3.23. The van der Waals surface area contributed by atoms with Gasteiger partial charge in [0.25, 0.3) is 0 Å². The molecular formula is C24H36N4O. The number of aromatic nitrogens is 2. The molecule has 5 nitrogen and oxygen atoms in total. The molecular weight excluding hydrogens is 360 g/mol. The Kier molecular flexibility index (Phi) is 8.29. The Morgan fingerprint density at radius 3 is 2.83 bits per heavy atom. The number of aryl methyl sites for hydroxylation is 1. The van der Waals surface area contributed by atoms with E-state index < -0.39 is 0 Å². The van der Waals surface area contributed by atoms with E-state index in [1.807, 2.05) is 30.1 Å². The van der Waals surface area contributed by atoms with Crippen LogP contribution in [0.5, 0.6) is 0 Å². The Morgan fingerprint density at radius 2 is 2.07 bits per heavy atom. The molecule has 1 aliphatic heterocycles. The summed E-state index contributed by atoms with van der Waals surface area (Å²) in [6, 6.07) is 12.4. The lowest BCUT2D eigenvalue weighted by atomic mass is 9.85. The molecule has 1 aliphatic rings. The number of nitrogens with zero attached hydrogens (tertiary/aromatic N) is 2. The number of benzene rings is 1. The van der Waals surface area contributed by atoms with Crippen LogP contribution in [0.25, 0.3) is 11.3 Å². The summed E-state index contributed by atoms with van der Waals surface area (Å²) >= 11 is 0. The lowest BCUT2D eigenvalue weighted by Crippen LogP contribution is -2.36. The highest BCUT2D eigenvalue weighted by molar-refractivity contribution is 5.76. The fourth-order valence-electron chi connectivity index (χ4n) is 4.17. The molecule has 2 heterocycles. The topological polar surface area (TPSA) is 61.0 Å². The number of nitrogens with one attached hydrogen (secondary N) is 2. The van der Waals surface area contributed by atoms with E-state index in [0.29, 0.717) is 24.2 Å². The van der Waals surface area contributed by atoms with Crippen LogP contribution in [0.2, 0.25) is 0 Å². The van der Waals surface area contributed by atoms with Gasteiger partial charge in [-0.05, 0) is 63.1 Å². The van der Waals surface area contributed by atoms with Crippen molar-refractivity contribution in [1.82, 2.24) is 20.4 Å². The monoisotopic (exact) mass is 396 g/mol. The quantitative estimate of drug-likeness (QED) is 0.590. The van der Waals surface area contributed by atoms with Gasteiger partial charge in [-0.15, -0.1) is 0 Å². The maximum absolute atomic E-state index is 12.5. The zero-order valence-corrected chi connectivity index (χ0v) is 18.0. The molecule has 29 heavy (non-hydrogen) atoms. The van der Waals surface area contributed by atoms with Gasteiger partial charge in [-0.25, -0.2) is 0 Å². The molecule has 2 atom stereocenters. The highest BCUT2D eigenvalue weighted by Crippen LogP contribution is 2.23. The first-order chi connectivity index (χ1) is 14.1. The van der Waals surface area contributed by atoms with Gasteiger partial charge in [0.05, 0.1) is 5.69 Å². The van der Waals surface area contributed by atoms with Crippen molar-refractivity contribution in [2.45, 2.75) is 51.9 Å². The number of carbonyl (C=O) groups is 1. The molecule has 2 N–H and O–H groups in total. The van der Waals surface area contributed by atoms with Gasteiger partial charge in [0.1, 0.15) is 0 Å². The van der Waals surface area contributed by atoms with Gasteiger partial charge >= 0.3 is 0 Å². The SMILES string of the molecule is CC(CC(=O)N(C)CCCCCc1cc(-c2ccccc2)n[nH]1)C1CCCNC1. The first kappa shape index (κ1) is 21.6. The lowest BCUT2D eigenvalue weighted by molar-refractivity contribution is -0.131. The molecule has 158 valence electrons. The number of rotatable bonds is 10. The van der Waals surface area contributed by atoms with Crippen molar-refractivity contribution in [3.05, 3.63) is 42.1 Å². The predicted molar refractivity (Wildman–Crippen MR) is 119 cm³/mol. The number of hydrogen-bond acceptors (Lipinski definition) is 3. The molecule has 0 aliphatic carbocycles. The van der Waals surface area contributed by atoms with Crippen LogP contribution >= 0.6 is 0 Å². The zero-order chi connectivity index (χ0) is 20.5. The molecule has 0 spiro atoms. The first-order valence-corrected chi connectivity index (χ1v) is 11.2. The summed E-state index contributed by atoms with van der Waals surface area (Å²) in [5, 5.41) is 11.0. The third-order valence-corrected chi connectivity index (χ3v) is 6.20. The van der Waals surface area contributed by atoms with Gasteiger partial charge in [-0.3, -0.25) is 9.89 Å². The lowest BCUT2D eigenvalue weighted by Gasteiger charge is -2.29. The van der Waals surface area contributed by atoms with E-state index in [1.165, 1.54) is 18.5 Å². The Bertz CT molecular complexity index is 736. The van der Waals surface area contributed by atoms with Gasteiger partial charge in [-0.1, -0.05) is 43.7 Å². The molecule has 1 aromatic heterocycles. The summed E-state index contributed by atoms with van der Waals surface area (Å²) in [7, 11) is 1.95. The van der Waals surface area contributed by atoms with Crippen LogP contribution in [-0.4, -0.2) is 47.7 Å². The van der Waals surface area contributed by atoms with E-state index in [-0.39, 0.29) is 0 Å². The highest BCUT2D eigenvalue weighted by Gasteiger charge is 2.23. The summed E-state index contributed by atoms with van der Waals surface area (Å²) in [6.07, 6.45) is 7.47. The number of unbranched alkanes of at least 4 members (excludes halogenated alkanes) is 2. The summed E-state index contributed by atoms with van der Waals surface area (Å²) in [6.45, 7) is 5.28. The van der Waals surface area contributed by atoms with Crippen molar-refractivity contribution in [3.8, 4) is 11.3 Å². The number of carbonyl (C=O) groups excluding carboxylic acids is 1. The second-order valence-corrected chi connectivity index (χ2v) is 8.56. The second kappa shape index (κ2) is 11.1. The molecule has 1 fully saturated rings. The molecule has 3 rings (SSSR count). The Hall–Kier alpha value is -2.14. The maximum Gasteiger partial charge on any atom is 0.222 e. The molecule has 1 saturated heterocycles. The van der Waals surface area contributed by atoms with Crippen LogP contribution in [0.1, 0.15) is 51.1 Å². The summed E-state index contributed by atoms with van der Waals surface area (Å²) in [5.41, 5.74) is 3.34. The molecule has 2 unspecified atom stereocenters. The standard InChI is InChI=1S/C24H36N4O/c1-19(21-12-9-14-25-18-21)16-24(29)28(2)15-8-4-7-13-22-17-23(27-26-22)20-10-5-3-6-11-20/h3,5-6,10-11,17,19,21,25H,4,7-9,12-16,18H2,1-2H3,(H,26,27). The fourth-order valence-corrected chi connectivity index (χ4v) is 4.17. The van der Waals surface area contributed by atoms with Crippen molar-refractivity contribution >= 4 is 5.91 Å². The summed E-state index contributed by atoms with van der Waals surface area (Å²) in [5.74, 6) is 1.41. The van der Waals surface area contributed by atoms with E-state index in [0.717, 1.165) is 56.6 Å². The Labute approximate surface area is 175 Å². The third kappa shape index (κ3) is 6.70. The average molecular weight is 397 g/mol. The van der Waals surface area contributed by atoms with Crippen LogP contribution in [-0.2, 0) is 11.2 Å². The van der Waals surface area contributed by atoms with Crippen LogP contribution in [0.4, 0.5) is 0 Å². The van der Waals surface area contributed by atoms with Crippen molar-refractivity contribution in [2.24, 2.45) is 11.8 Å². The smallest absolute Gasteiger partial charge is 0.222 e. The number of aromatic amines is 1. The fraction of sp³-hybridized carbons (Fsp3) is 0.583. The minimum absolute atomic E-state index is 0.296. The minimum Gasteiger partial charge on any atom is -0.346 e. The molecule has 5 heteroatoms. The Balaban J connectivity index is 1.31. The zero-order valence-electron chi connectivity index (χ0n) is 18.0. The van der Waals surface area contributed by atoms with Gasteiger partial charge in [0.2, 0.25) is 5.91 Å². The van der Waals surface area contributed by atoms with Crippen molar-refractivity contribution in [2.75, 3.05) is 26.7 Å². The summed E-state index contributed by atoms with van der Waals surface area (Å²) in [4.78, 5) is 14.4. The van der Waals surface area contributed by atoms with E-state index in [9.17, 15) is 4.79 Å². The number of H-pyrrole nitrogens is 1. The van der Waals surface area contributed by atoms with Crippen LogP contribution in [0.15, 0.2) is 36.4 Å². The van der Waals surface area contributed by atoms with Crippen LogP contribution in [0, 0.1) is 11.8 Å². The molecule has 0 radical (unpaired) electrons. The molecule has 1 aromatic carbocycles. The van der Waals surface area contributed by atoms with E-state index in [4.69, 9.17) is 0 Å². The van der Waals surface area contributed by atoms with Gasteiger partial charge in [0, 0.05) is 31.3 Å². The van der Waals surface area contributed by atoms with E-state index in [2.05, 4.69) is 40.6 Å². The van der Waals surface area contributed by atoms with Gasteiger partial charge in [0.15, 0.2) is 0 Å². The van der Waals surface area contributed by atoms with Crippen LogP contribution < -0.4 is 5.32 Å². The maximum atomic E-state index is 12.5. The number of piperidine rings is 1. The summed E-state index contributed by atoms with van der Waals surface area (Å²) < 4.78 is 0. The number of amides is 1. The highest BCUT2D eigenvalue weighted by atomic mass is 16.2. The van der Waals surface area contributed by atoms with E-state index >= 15 is 0 Å². The predicted octanol–water partition coefficient (Wildman–Crippen LogP) is 4.27. The molecule has 2 aromatic rings. The van der Waals surface area contributed by atoms with Crippen molar-refractivity contribution in [3.63, 3.8) is 0 Å². The van der Waals surface area contributed by atoms with Gasteiger partial charge in [-0.2, -0.15) is 5.10 Å². The van der Waals surface area contributed by atoms with Crippen molar-refractivity contribution < 1.29 is 4.79 Å². The second-order valence-electron chi connectivity index (χ2n) is 8.56. The third-order valence-electron chi connectivity index (χ3n) is 6.20. The Morgan fingerprint density at radius 1 is 1.24 bits per heavy atom. The van der Waals surface area contributed by atoms with Crippen LogP contribution in [0.3, 0.4) is 0 Å². The number of hydrogen-bond donors (Lipinski definition) is 2. The first-order valence-electron chi connectivity index (χ1n) is 11.2. The molecule has 0 bridgehead atoms. The molecule has 0 saturated carbocycles. The normalized spacial score (nSPS) is 17.8. The largest absolute Gasteiger partial charge is 0.346 e. The minimum atomic E-state index is 0.296. The van der Waals surface area contributed by atoms with E-state index in [1.54, 1.807) is 0 Å². The molecule has 1 amide bonds.